The number of hydrogen-bond donors (Lipinski definition) is 1. The second-order valence-corrected chi connectivity index (χ2v) is 7.02. The zero-order valence-corrected chi connectivity index (χ0v) is 15.5. The lowest BCUT2D eigenvalue weighted by molar-refractivity contribution is 0.0729. The van der Waals surface area contributed by atoms with Crippen molar-refractivity contribution >= 4 is 11.6 Å². The summed E-state index contributed by atoms with van der Waals surface area (Å²) in [4.78, 5) is 19.0. The molecule has 2 aromatic carbocycles. The Labute approximate surface area is 159 Å². The lowest BCUT2D eigenvalue weighted by atomic mass is 10.00. The van der Waals surface area contributed by atoms with Gasteiger partial charge in [0.15, 0.2) is 0 Å². The number of rotatable bonds is 4. The van der Waals surface area contributed by atoms with Crippen molar-refractivity contribution < 1.29 is 4.79 Å². The highest BCUT2D eigenvalue weighted by Crippen LogP contribution is 2.20. The molecule has 27 heavy (non-hydrogen) atoms. The van der Waals surface area contributed by atoms with Crippen LogP contribution in [-0.2, 0) is 19.5 Å². The van der Waals surface area contributed by atoms with Gasteiger partial charge in [-0.2, -0.15) is 0 Å². The maximum atomic E-state index is 12.8. The number of pyridine rings is 1. The van der Waals surface area contributed by atoms with E-state index in [1.807, 2.05) is 17.0 Å². The molecule has 2 heterocycles. The topological polar surface area (TPSA) is 45.2 Å². The van der Waals surface area contributed by atoms with Crippen LogP contribution < -0.4 is 5.32 Å². The number of benzene rings is 2. The average molecular weight is 357 g/mol. The van der Waals surface area contributed by atoms with Gasteiger partial charge in [-0.15, -0.1) is 0 Å². The first-order chi connectivity index (χ1) is 13.2. The minimum atomic E-state index is -0.00487. The molecule has 0 aliphatic carbocycles. The van der Waals surface area contributed by atoms with Gasteiger partial charge in [-0.05, 0) is 42.2 Å². The first kappa shape index (κ1) is 17.3. The summed E-state index contributed by atoms with van der Waals surface area (Å²) < 4.78 is 0. The minimum Gasteiger partial charge on any atom is -0.380 e. The largest absolute Gasteiger partial charge is 0.380 e. The van der Waals surface area contributed by atoms with Gasteiger partial charge in [-0.25, -0.2) is 4.98 Å². The number of carbonyl (C=O) groups is 1. The lowest BCUT2D eigenvalue weighted by Gasteiger charge is -2.28. The van der Waals surface area contributed by atoms with Crippen molar-refractivity contribution in [2.45, 2.75) is 26.4 Å². The van der Waals surface area contributed by atoms with E-state index in [-0.39, 0.29) is 5.91 Å². The second kappa shape index (κ2) is 7.62. The van der Waals surface area contributed by atoms with Crippen molar-refractivity contribution in [3.05, 3.63) is 94.8 Å². The molecule has 0 saturated heterocycles. The van der Waals surface area contributed by atoms with Crippen LogP contribution in [0.1, 0.15) is 32.7 Å². The Morgan fingerprint density at radius 3 is 2.70 bits per heavy atom. The van der Waals surface area contributed by atoms with Crippen LogP contribution in [0.2, 0.25) is 0 Å². The van der Waals surface area contributed by atoms with Crippen LogP contribution in [0.15, 0.2) is 66.9 Å². The number of fused-ring (bicyclic) bond motifs is 1. The molecule has 4 heteroatoms. The maximum absolute atomic E-state index is 12.8. The van der Waals surface area contributed by atoms with Crippen molar-refractivity contribution in [2.75, 3.05) is 11.9 Å². The molecule has 0 bridgehead atoms. The van der Waals surface area contributed by atoms with E-state index >= 15 is 0 Å². The highest BCUT2D eigenvalue weighted by Gasteiger charge is 2.22. The smallest absolute Gasteiger partial charge is 0.272 e. The Morgan fingerprint density at radius 1 is 1.07 bits per heavy atom. The Morgan fingerprint density at radius 2 is 1.93 bits per heavy atom. The first-order valence-corrected chi connectivity index (χ1v) is 9.30. The molecule has 136 valence electrons. The highest BCUT2D eigenvalue weighted by molar-refractivity contribution is 5.92. The van der Waals surface area contributed by atoms with Crippen LogP contribution in [0, 0.1) is 6.92 Å². The number of nitrogens with one attached hydrogen (secondary N) is 1. The Hall–Kier alpha value is -3.14. The summed E-state index contributed by atoms with van der Waals surface area (Å²) in [7, 11) is 0. The van der Waals surface area contributed by atoms with Crippen molar-refractivity contribution in [2.24, 2.45) is 0 Å². The first-order valence-electron chi connectivity index (χ1n) is 9.30. The third kappa shape index (κ3) is 4.00. The van der Waals surface area contributed by atoms with Crippen molar-refractivity contribution in [3.63, 3.8) is 0 Å². The van der Waals surface area contributed by atoms with E-state index < -0.39 is 0 Å². The summed E-state index contributed by atoms with van der Waals surface area (Å²) in [5.74, 6) is -0.00487. The lowest BCUT2D eigenvalue weighted by Crippen LogP contribution is -2.36. The van der Waals surface area contributed by atoms with Gasteiger partial charge in [0.05, 0.1) is 11.9 Å². The van der Waals surface area contributed by atoms with Crippen molar-refractivity contribution in [3.8, 4) is 0 Å². The van der Waals surface area contributed by atoms with Crippen LogP contribution in [0.25, 0.3) is 0 Å². The molecule has 4 nitrogen and oxygen atoms in total. The van der Waals surface area contributed by atoms with E-state index in [4.69, 9.17) is 0 Å². The molecule has 0 saturated carbocycles. The van der Waals surface area contributed by atoms with Gasteiger partial charge in [0.1, 0.15) is 5.69 Å². The number of amides is 1. The molecular weight excluding hydrogens is 334 g/mol. The van der Waals surface area contributed by atoms with Gasteiger partial charge in [0.2, 0.25) is 0 Å². The van der Waals surface area contributed by atoms with E-state index in [1.165, 1.54) is 22.3 Å². The molecular formula is C23H23N3O. The van der Waals surface area contributed by atoms with E-state index in [2.05, 4.69) is 59.7 Å². The molecule has 4 rings (SSSR count). The molecule has 1 N–H and O–H groups in total. The second-order valence-electron chi connectivity index (χ2n) is 7.02. The molecule has 1 aromatic heterocycles. The van der Waals surface area contributed by atoms with Gasteiger partial charge in [0, 0.05) is 19.6 Å². The Bertz CT molecular complexity index is 950. The predicted molar refractivity (Wildman–Crippen MR) is 108 cm³/mol. The summed E-state index contributed by atoms with van der Waals surface area (Å²) in [6.07, 6.45) is 2.64. The summed E-state index contributed by atoms with van der Waals surface area (Å²) in [5, 5.41) is 3.36. The average Bonchev–Trinajstić information content (AvgIpc) is 2.72. The summed E-state index contributed by atoms with van der Waals surface area (Å²) in [5.41, 5.74) is 6.45. The maximum Gasteiger partial charge on any atom is 0.272 e. The van der Waals surface area contributed by atoms with Gasteiger partial charge in [0.25, 0.3) is 5.91 Å². The van der Waals surface area contributed by atoms with Gasteiger partial charge >= 0.3 is 0 Å². The van der Waals surface area contributed by atoms with Gasteiger partial charge in [-0.1, -0.05) is 54.1 Å². The van der Waals surface area contributed by atoms with E-state index in [0.29, 0.717) is 12.2 Å². The van der Waals surface area contributed by atoms with Crippen molar-refractivity contribution in [1.82, 2.24) is 9.88 Å². The summed E-state index contributed by atoms with van der Waals surface area (Å²) in [6.45, 7) is 4.22. The van der Waals surface area contributed by atoms with Crippen molar-refractivity contribution in [1.29, 1.82) is 0 Å². The molecule has 3 aromatic rings. The summed E-state index contributed by atoms with van der Waals surface area (Å²) >= 11 is 0. The van der Waals surface area contributed by atoms with Crippen LogP contribution in [-0.4, -0.2) is 22.3 Å². The number of aromatic nitrogens is 1. The number of nitrogens with zero attached hydrogens (tertiary/aromatic N) is 2. The quantitative estimate of drug-likeness (QED) is 0.761. The van der Waals surface area contributed by atoms with Gasteiger partial charge < -0.3 is 10.2 Å². The molecule has 0 atom stereocenters. The van der Waals surface area contributed by atoms with Crippen LogP contribution in [0.4, 0.5) is 5.69 Å². The van der Waals surface area contributed by atoms with Gasteiger partial charge in [-0.3, -0.25) is 4.79 Å². The Kier molecular flexibility index (Phi) is 4.88. The normalized spacial score (nSPS) is 13.1. The monoisotopic (exact) mass is 357 g/mol. The molecule has 0 unspecified atom stereocenters. The van der Waals surface area contributed by atoms with E-state index in [1.54, 1.807) is 12.3 Å². The molecule has 1 aliphatic rings. The van der Waals surface area contributed by atoms with Crippen LogP contribution >= 0.6 is 0 Å². The third-order valence-electron chi connectivity index (χ3n) is 4.98. The number of carbonyl (C=O) groups excluding carboxylic acids is 1. The number of anilines is 1. The standard InChI is InChI=1S/C23H23N3O/c1-17-5-4-6-18(13-17)14-24-21-9-10-22(25-15-21)23(27)26-12-11-19-7-2-3-8-20(19)16-26/h2-10,13,15,24H,11-12,14,16H2,1H3. The fourth-order valence-corrected chi connectivity index (χ4v) is 3.48. The third-order valence-corrected chi connectivity index (χ3v) is 4.98. The van der Waals surface area contributed by atoms with E-state index in [9.17, 15) is 4.79 Å². The zero-order chi connectivity index (χ0) is 18.6. The van der Waals surface area contributed by atoms with Crippen LogP contribution in [0.3, 0.4) is 0 Å². The number of aryl methyl sites for hydroxylation is 1. The molecule has 1 amide bonds. The molecule has 1 aliphatic heterocycles. The predicted octanol–water partition coefficient (Wildman–Crippen LogP) is 4.20. The van der Waals surface area contributed by atoms with Crippen LogP contribution in [0.5, 0.6) is 0 Å². The Balaban J connectivity index is 1.39. The highest BCUT2D eigenvalue weighted by atomic mass is 16.2. The minimum absolute atomic E-state index is 0.00487. The fraction of sp³-hybridized carbons (Fsp3) is 0.217. The zero-order valence-electron chi connectivity index (χ0n) is 15.5. The van der Waals surface area contributed by atoms with E-state index in [0.717, 1.165) is 25.2 Å². The SMILES string of the molecule is Cc1cccc(CNc2ccc(C(=O)N3CCc4ccccc4C3)nc2)c1. The number of hydrogen-bond acceptors (Lipinski definition) is 3. The molecule has 0 fully saturated rings. The molecule has 0 spiro atoms. The summed E-state index contributed by atoms with van der Waals surface area (Å²) in [6, 6.07) is 20.5. The fourth-order valence-electron chi connectivity index (χ4n) is 3.48. The molecule has 0 radical (unpaired) electrons.